The van der Waals surface area contributed by atoms with E-state index in [1.54, 1.807) is 13.0 Å². The van der Waals surface area contributed by atoms with E-state index in [0.29, 0.717) is 17.9 Å². The lowest BCUT2D eigenvalue weighted by atomic mass is 10.1. The number of hydrogen-bond donors (Lipinski definition) is 0. The highest BCUT2D eigenvalue weighted by Crippen LogP contribution is 2.29. The minimum atomic E-state index is -0.402. The molecule has 2 heterocycles. The van der Waals surface area contributed by atoms with E-state index >= 15 is 0 Å². The minimum absolute atomic E-state index is 0.131. The number of fused-ring (bicyclic) bond motifs is 3. The van der Waals surface area contributed by atoms with E-state index in [9.17, 15) is 10.1 Å². The van der Waals surface area contributed by atoms with Gasteiger partial charge in [0.25, 0.3) is 0 Å². The lowest BCUT2D eigenvalue weighted by Crippen LogP contribution is -2.14. The molecule has 0 saturated heterocycles. The average molecular weight is 294 g/mol. The van der Waals surface area contributed by atoms with Crippen molar-refractivity contribution in [2.45, 2.75) is 6.92 Å². The van der Waals surface area contributed by atoms with Gasteiger partial charge in [0.2, 0.25) is 0 Å². The van der Waals surface area contributed by atoms with Crippen molar-refractivity contribution >= 4 is 22.4 Å². The van der Waals surface area contributed by atoms with Gasteiger partial charge in [-0.05, 0) is 31.2 Å². The number of esters is 1. The third-order valence-electron chi connectivity index (χ3n) is 3.39. The van der Waals surface area contributed by atoms with Crippen molar-refractivity contribution in [1.29, 1.82) is 5.26 Å². The molecule has 0 aliphatic heterocycles. The molecule has 0 aliphatic rings. The van der Waals surface area contributed by atoms with Crippen LogP contribution in [0.1, 0.15) is 12.5 Å². The number of hydrogen-bond acceptors (Lipinski definition) is 4. The molecule has 5 heteroatoms. The van der Waals surface area contributed by atoms with E-state index < -0.39 is 5.97 Å². The monoisotopic (exact) mass is 294 g/mol. The van der Waals surface area contributed by atoms with Gasteiger partial charge in [0.1, 0.15) is 11.8 Å². The largest absolute Gasteiger partial charge is 0.482 e. The van der Waals surface area contributed by atoms with Crippen molar-refractivity contribution < 1.29 is 14.3 Å². The van der Waals surface area contributed by atoms with Crippen LogP contribution in [0.15, 0.2) is 42.6 Å². The molecule has 0 aliphatic carbocycles. The quantitative estimate of drug-likeness (QED) is 0.694. The van der Waals surface area contributed by atoms with Gasteiger partial charge in [-0.2, -0.15) is 5.26 Å². The van der Waals surface area contributed by atoms with Gasteiger partial charge >= 0.3 is 5.97 Å². The number of nitrogens with zero attached hydrogens (tertiary/aromatic N) is 2. The first kappa shape index (κ1) is 14.0. The van der Waals surface area contributed by atoms with Crippen molar-refractivity contribution in [1.82, 2.24) is 4.40 Å². The number of carbonyl (C=O) groups is 1. The van der Waals surface area contributed by atoms with E-state index in [4.69, 9.17) is 9.47 Å². The SMILES string of the molecule is CCOC(=O)COc1ccc2c(C#N)c3ccccn3c2c1. The highest BCUT2D eigenvalue weighted by atomic mass is 16.6. The summed E-state index contributed by atoms with van der Waals surface area (Å²) in [4.78, 5) is 11.3. The second-order valence-corrected chi connectivity index (χ2v) is 4.72. The molecule has 1 aromatic carbocycles. The Morgan fingerprint density at radius 1 is 1.27 bits per heavy atom. The summed E-state index contributed by atoms with van der Waals surface area (Å²) in [6, 6.07) is 13.4. The standard InChI is InChI=1S/C17H14N2O3/c1-2-21-17(20)11-22-12-6-7-13-14(10-18)15-5-3-4-8-19(15)16(13)9-12/h3-9H,2,11H2,1H3. The topological polar surface area (TPSA) is 63.7 Å². The first-order valence-electron chi connectivity index (χ1n) is 6.96. The van der Waals surface area contributed by atoms with Crippen LogP contribution in [0.2, 0.25) is 0 Å². The first-order valence-corrected chi connectivity index (χ1v) is 6.96. The summed E-state index contributed by atoms with van der Waals surface area (Å²) in [6.45, 7) is 1.95. The predicted octanol–water partition coefficient (Wildman–Crippen LogP) is 2.91. The van der Waals surface area contributed by atoms with Crippen LogP contribution in [0.3, 0.4) is 0 Å². The third kappa shape index (κ3) is 2.35. The van der Waals surface area contributed by atoms with Crippen LogP contribution < -0.4 is 4.74 Å². The molecule has 110 valence electrons. The maximum atomic E-state index is 11.3. The first-order chi connectivity index (χ1) is 10.7. The summed E-state index contributed by atoms with van der Waals surface area (Å²) in [6.07, 6.45) is 1.90. The Hall–Kier alpha value is -3.00. The molecule has 0 N–H and O–H groups in total. The predicted molar refractivity (Wildman–Crippen MR) is 81.7 cm³/mol. The van der Waals surface area contributed by atoms with Gasteiger partial charge in [-0.15, -0.1) is 0 Å². The maximum absolute atomic E-state index is 11.3. The van der Waals surface area contributed by atoms with E-state index in [-0.39, 0.29) is 6.61 Å². The van der Waals surface area contributed by atoms with Crippen molar-refractivity contribution in [2.24, 2.45) is 0 Å². The lowest BCUT2D eigenvalue weighted by Gasteiger charge is -2.06. The molecule has 2 aromatic heterocycles. The summed E-state index contributed by atoms with van der Waals surface area (Å²) in [5.74, 6) is 0.161. The van der Waals surface area contributed by atoms with E-state index in [0.717, 1.165) is 16.4 Å². The van der Waals surface area contributed by atoms with Crippen molar-refractivity contribution in [3.63, 3.8) is 0 Å². The summed E-state index contributed by atoms with van der Waals surface area (Å²) in [5, 5.41) is 10.2. The highest BCUT2D eigenvalue weighted by Gasteiger charge is 2.12. The van der Waals surface area contributed by atoms with Crippen LogP contribution in [0.25, 0.3) is 16.4 Å². The van der Waals surface area contributed by atoms with Crippen LogP contribution in [0, 0.1) is 11.3 Å². The number of aromatic nitrogens is 1. The molecule has 0 atom stereocenters. The van der Waals surface area contributed by atoms with Gasteiger partial charge in [-0.25, -0.2) is 4.79 Å². The zero-order valence-corrected chi connectivity index (χ0v) is 12.1. The smallest absolute Gasteiger partial charge is 0.344 e. The molecule has 5 nitrogen and oxygen atoms in total. The van der Waals surface area contributed by atoms with Gasteiger partial charge in [-0.3, -0.25) is 0 Å². The summed E-state index contributed by atoms with van der Waals surface area (Å²) in [7, 11) is 0. The Bertz CT molecular complexity index is 890. The third-order valence-corrected chi connectivity index (χ3v) is 3.39. The summed E-state index contributed by atoms with van der Waals surface area (Å²) < 4.78 is 12.2. The Morgan fingerprint density at radius 2 is 2.14 bits per heavy atom. The number of ether oxygens (including phenoxy) is 2. The zero-order chi connectivity index (χ0) is 15.5. The summed E-state index contributed by atoms with van der Waals surface area (Å²) in [5.41, 5.74) is 2.35. The number of rotatable bonds is 4. The minimum Gasteiger partial charge on any atom is -0.482 e. The molecule has 3 rings (SSSR count). The number of benzene rings is 1. The molecule has 0 radical (unpaired) electrons. The molecule has 3 aromatic rings. The maximum Gasteiger partial charge on any atom is 0.344 e. The van der Waals surface area contributed by atoms with E-state index in [2.05, 4.69) is 6.07 Å². The number of nitriles is 1. The molecule has 0 saturated carbocycles. The van der Waals surface area contributed by atoms with Gasteiger partial charge in [0, 0.05) is 17.6 Å². The van der Waals surface area contributed by atoms with Crippen molar-refractivity contribution in [3.05, 3.63) is 48.2 Å². The van der Waals surface area contributed by atoms with Crippen molar-refractivity contribution in [3.8, 4) is 11.8 Å². The fraction of sp³-hybridized carbons (Fsp3) is 0.176. The molecule has 0 bridgehead atoms. The molecular formula is C17H14N2O3. The molecule has 0 fully saturated rings. The Labute approximate surface area is 127 Å². The lowest BCUT2D eigenvalue weighted by molar-refractivity contribution is -0.145. The Balaban J connectivity index is 2.01. The number of pyridine rings is 1. The number of carbonyl (C=O) groups excluding carboxylic acids is 1. The molecule has 22 heavy (non-hydrogen) atoms. The molecule has 0 spiro atoms. The average Bonchev–Trinajstić information content (AvgIpc) is 2.86. The van der Waals surface area contributed by atoms with Crippen molar-refractivity contribution in [2.75, 3.05) is 13.2 Å². The fourth-order valence-corrected chi connectivity index (χ4v) is 2.47. The fourth-order valence-electron chi connectivity index (χ4n) is 2.47. The van der Waals surface area contributed by atoms with Gasteiger partial charge < -0.3 is 13.9 Å². The van der Waals surface area contributed by atoms with Crippen LogP contribution >= 0.6 is 0 Å². The Kier molecular flexibility index (Phi) is 3.67. The second kappa shape index (κ2) is 5.78. The van der Waals surface area contributed by atoms with Gasteiger partial charge in [-0.1, -0.05) is 6.07 Å². The van der Waals surface area contributed by atoms with E-state index in [1.807, 2.05) is 40.9 Å². The zero-order valence-electron chi connectivity index (χ0n) is 12.1. The molecule has 0 amide bonds. The van der Waals surface area contributed by atoms with E-state index in [1.165, 1.54) is 0 Å². The normalized spacial score (nSPS) is 10.5. The molecule has 0 unspecified atom stereocenters. The second-order valence-electron chi connectivity index (χ2n) is 4.72. The van der Waals surface area contributed by atoms with Gasteiger partial charge in [0.15, 0.2) is 6.61 Å². The van der Waals surface area contributed by atoms with Crippen LogP contribution in [-0.2, 0) is 9.53 Å². The van der Waals surface area contributed by atoms with Crippen LogP contribution in [-0.4, -0.2) is 23.6 Å². The van der Waals surface area contributed by atoms with Crippen LogP contribution in [0.5, 0.6) is 5.75 Å². The highest BCUT2D eigenvalue weighted by molar-refractivity contribution is 5.95. The van der Waals surface area contributed by atoms with Crippen LogP contribution in [0.4, 0.5) is 0 Å². The molecular weight excluding hydrogens is 280 g/mol. The summed E-state index contributed by atoms with van der Waals surface area (Å²) >= 11 is 0. The Morgan fingerprint density at radius 3 is 2.91 bits per heavy atom. The van der Waals surface area contributed by atoms with Gasteiger partial charge in [0.05, 0.1) is 23.2 Å².